The fraction of sp³-hybridized carbons (Fsp3) is 0.261. The van der Waals surface area contributed by atoms with Gasteiger partial charge in [0.2, 0.25) is 5.91 Å². The van der Waals surface area contributed by atoms with Gasteiger partial charge in [-0.25, -0.2) is 4.98 Å². The second kappa shape index (κ2) is 10.3. The molecular weight excluding hydrogens is 428 g/mol. The second-order valence-electron chi connectivity index (χ2n) is 7.14. The molecule has 1 saturated heterocycles. The van der Waals surface area contributed by atoms with Crippen LogP contribution >= 0.6 is 11.3 Å². The molecule has 1 aliphatic heterocycles. The number of anilines is 2. The predicted molar refractivity (Wildman–Crippen MR) is 124 cm³/mol. The zero-order chi connectivity index (χ0) is 22.3. The van der Waals surface area contributed by atoms with E-state index in [1.54, 1.807) is 36.3 Å². The molecule has 0 spiro atoms. The SMILES string of the molecule is COc1ccc(-c2csc(NC(=O)c3ccc(NCC(=O)N4CCOCC4)cc3)n2)cc1. The monoisotopic (exact) mass is 452 g/mol. The summed E-state index contributed by atoms with van der Waals surface area (Å²) in [5.41, 5.74) is 3.03. The predicted octanol–water partition coefficient (Wildman–Crippen LogP) is 3.34. The number of aromatic nitrogens is 1. The molecule has 4 rings (SSSR count). The fourth-order valence-electron chi connectivity index (χ4n) is 3.24. The van der Waals surface area contributed by atoms with Crippen LogP contribution in [0.2, 0.25) is 0 Å². The minimum atomic E-state index is -0.239. The number of amides is 2. The average molecular weight is 453 g/mol. The van der Waals surface area contributed by atoms with Crippen LogP contribution in [-0.4, -0.2) is 61.7 Å². The highest BCUT2D eigenvalue weighted by molar-refractivity contribution is 7.14. The maximum absolute atomic E-state index is 12.6. The Bertz CT molecular complexity index is 1060. The fourth-order valence-corrected chi connectivity index (χ4v) is 3.95. The molecule has 1 aromatic heterocycles. The first kappa shape index (κ1) is 21.8. The van der Waals surface area contributed by atoms with Crippen LogP contribution in [0.25, 0.3) is 11.3 Å². The Hall–Kier alpha value is -3.43. The van der Waals surface area contributed by atoms with Crippen molar-refractivity contribution in [3.8, 4) is 17.0 Å². The minimum absolute atomic E-state index is 0.0338. The van der Waals surface area contributed by atoms with Crippen molar-refractivity contribution in [3.05, 3.63) is 59.5 Å². The van der Waals surface area contributed by atoms with Gasteiger partial charge in [-0.3, -0.25) is 14.9 Å². The minimum Gasteiger partial charge on any atom is -0.497 e. The third-order valence-electron chi connectivity index (χ3n) is 5.07. The van der Waals surface area contributed by atoms with Crippen LogP contribution in [0, 0.1) is 0 Å². The van der Waals surface area contributed by atoms with Crippen molar-refractivity contribution in [1.29, 1.82) is 0 Å². The van der Waals surface area contributed by atoms with E-state index in [1.165, 1.54) is 11.3 Å². The largest absolute Gasteiger partial charge is 0.497 e. The molecule has 9 heteroatoms. The number of nitrogens with one attached hydrogen (secondary N) is 2. The molecule has 0 bridgehead atoms. The number of hydrogen-bond acceptors (Lipinski definition) is 7. The number of nitrogens with zero attached hydrogens (tertiary/aromatic N) is 2. The molecule has 0 unspecified atom stereocenters. The number of ether oxygens (including phenoxy) is 2. The Labute approximate surface area is 190 Å². The molecule has 8 nitrogen and oxygen atoms in total. The third kappa shape index (κ3) is 5.43. The van der Waals surface area contributed by atoms with Gasteiger partial charge in [0.1, 0.15) is 5.75 Å². The molecule has 3 aromatic rings. The van der Waals surface area contributed by atoms with Gasteiger partial charge in [0.15, 0.2) is 5.13 Å². The van der Waals surface area contributed by atoms with Crippen molar-refractivity contribution in [2.24, 2.45) is 0 Å². The summed E-state index contributed by atoms with van der Waals surface area (Å²) in [6, 6.07) is 14.6. The van der Waals surface area contributed by atoms with Crippen molar-refractivity contribution in [2.45, 2.75) is 0 Å². The molecule has 2 amide bonds. The Morgan fingerprint density at radius 3 is 2.50 bits per heavy atom. The van der Waals surface area contributed by atoms with Crippen LogP contribution in [0.5, 0.6) is 5.75 Å². The summed E-state index contributed by atoms with van der Waals surface area (Å²) < 4.78 is 10.4. The van der Waals surface area contributed by atoms with Gasteiger partial charge in [-0.2, -0.15) is 0 Å². The van der Waals surface area contributed by atoms with Gasteiger partial charge < -0.3 is 19.7 Å². The van der Waals surface area contributed by atoms with Crippen molar-refractivity contribution >= 4 is 34.0 Å². The van der Waals surface area contributed by atoms with Crippen LogP contribution in [0.15, 0.2) is 53.9 Å². The van der Waals surface area contributed by atoms with Crippen molar-refractivity contribution in [3.63, 3.8) is 0 Å². The second-order valence-corrected chi connectivity index (χ2v) is 8.00. The van der Waals surface area contributed by atoms with Gasteiger partial charge >= 0.3 is 0 Å². The normalized spacial score (nSPS) is 13.5. The number of carbonyl (C=O) groups is 2. The van der Waals surface area contributed by atoms with Gasteiger partial charge in [-0.1, -0.05) is 0 Å². The number of methoxy groups -OCH3 is 1. The summed E-state index contributed by atoms with van der Waals surface area (Å²) >= 11 is 1.37. The van der Waals surface area contributed by atoms with E-state index < -0.39 is 0 Å². The van der Waals surface area contributed by atoms with E-state index in [-0.39, 0.29) is 18.4 Å². The summed E-state index contributed by atoms with van der Waals surface area (Å²) in [4.78, 5) is 31.1. The number of carbonyl (C=O) groups excluding carboxylic acids is 2. The molecule has 0 atom stereocenters. The topological polar surface area (TPSA) is 92.8 Å². The van der Waals surface area contributed by atoms with Gasteiger partial charge in [0, 0.05) is 35.3 Å². The van der Waals surface area contributed by atoms with E-state index in [0.29, 0.717) is 37.0 Å². The zero-order valence-corrected chi connectivity index (χ0v) is 18.5. The van der Waals surface area contributed by atoms with E-state index in [0.717, 1.165) is 22.7 Å². The Morgan fingerprint density at radius 1 is 1.09 bits per heavy atom. The first-order valence-electron chi connectivity index (χ1n) is 10.2. The third-order valence-corrected chi connectivity index (χ3v) is 5.82. The number of rotatable bonds is 7. The lowest BCUT2D eigenvalue weighted by atomic mass is 10.2. The Morgan fingerprint density at radius 2 is 1.81 bits per heavy atom. The highest BCUT2D eigenvalue weighted by Gasteiger charge is 2.16. The Balaban J connectivity index is 1.31. The van der Waals surface area contributed by atoms with E-state index in [1.807, 2.05) is 29.6 Å². The van der Waals surface area contributed by atoms with E-state index in [9.17, 15) is 9.59 Å². The summed E-state index contributed by atoms with van der Waals surface area (Å²) in [6.45, 7) is 2.61. The van der Waals surface area contributed by atoms with Crippen molar-refractivity contribution in [2.75, 3.05) is 50.6 Å². The summed E-state index contributed by atoms with van der Waals surface area (Å²) in [6.07, 6.45) is 0. The first-order valence-corrected chi connectivity index (χ1v) is 11.1. The number of benzene rings is 2. The molecule has 2 N–H and O–H groups in total. The Kier molecular flexibility index (Phi) is 6.98. The van der Waals surface area contributed by atoms with Gasteiger partial charge in [-0.15, -0.1) is 11.3 Å². The quantitative estimate of drug-likeness (QED) is 0.571. The van der Waals surface area contributed by atoms with Crippen LogP contribution < -0.4 is 15.4 Å². The molecule has 1 aliphatic rings. The van der Waals surface area contributed by atoms with E-state index in [2.05, 4.69) is 15.6 Å². The molecule has 0 radical (unpaired) electrons. The smallest absolute Gasteiger partial charge is 0.257 e. The number of hydrogen-bond donors (Lipinski definition) is 2. The van der Waals surface area contributed by atoms with Gasteiger partial charge in [-0.05, 0) is 48.5 Å². The lowest BCUT2D eigenvalue weighted by Gasteiger charge is -2.27. The van der Waals surface area contributed by atoms with Crippen LogP contribution in [0.3, 0.4) is 0 Å². The van der Waals surface area contributed by atoms with Crippen molar-refractivity contribution in [1.82, 2.24) is 9.88 Å². The zero-order valence-electron chi connectivity index (χ0n) is 17.7. The highest BCUT2D eigenvalue weighted by Crippen LogP contribution is 2.26. The first-order chi connectivity index (χ1) is 15.6. The molecule has 0 saturated carbocycles. The van der Waals surface area contributed by atoms with Crippen LogP contribution in [-0.2, 0) is 9.53 Å². The van der Waals surface area contributed by atoms with Crippen molar-refractivity contribution < 1.29 is 19.1 Å². The molecule has 2 heterocycles. The van der Waals surface area contributed by atoms with Crippen LogP contribution in [0.4, 0.5) is 10.8 Å². The van der Waals surface area contributed by atoms with Crippen LogP contribution in [0.1, 0.15) is 10.4 Å². The van der Waals surface area contributed by atoms with Gasteiger partial charge in [0.05, 0.1) is 32.6 Å². The lowest BCUT2D eigenvalue weighted by Crippen LogP contribution is -2.43. The molecular formula is C23H24N4O4S. The maximum Gasteiger partial charge on any atom is 0.257 e. The summed E-state index contributed by atoms with van der Waals surface area (Å²) in [5.74, 6) is 0.573. The summed E-state index contributed by atoms with van der Waals surface area (Å²) in [5, 5.41) is 8.36. The van der Waals surface area contributed by atoms with E-state index >= 15 is 0 Å². The highest BCUT2D eigenvalue weighted by atomic mass is 32.1. The maximum atomic E-state index is 12.6. The molecule has 166 valence electrons. The molecule has 0 aliphatic carbocycles. The number of morpholine rings is 1. The lowest BCUT2D eigenvalue weighted by molar-refractivity contribution is -0.133. The standard InChI is InChI=1S/C23H24N4O4S/c1-30-19-8-4-16(5-9-19)20-15-32-23(25-20)26-22(29)17-2-6-18(7-3-17)24-14-21(28)27-10-12-31-13-11-27/h2-9,15,24H,10-14H2,1H3,(H,25,26,29). The summed E-state index contributed by atoms with van der Waals surface area (Å²) in [7, 11) is 1.62. The average Bonchev–Trinajstić information content (AvgIpc) is 3.32. The van der Waals surface area contributed by atoms with E-state index in [4.69, 9.17) is 9.47 Å². The number of thiazole rings is 1. The molecule has 2 aromatic carbocycles. The molecule has 32 heavy (non-hydrogen) atoms. The molecule has 1 fully saturated rings. The van der Waals surface area contributed by atoms with Gasteiger partial charge in [0.25, 0.3) is 5.91 Å².